The SMILES string of the molecule is CCOc1ccc(-c2c(N)sc3c2CCC(C)C3)cc1. The van der Waals surface area contributed by atoms with Gasteiger partial charge < -0.3 is 10.5 Å². The van der Waals surface area contributed by atoms with Crippen molar-refractivity contribution in [3.05, 3.63) is 34.7 Å². The van der Waals surface area contributed by atoms with Gasteiger partial charge in [0, 0.05) is 10.4 Å². The van der Waals surface area contributed by atoms with E-state index in [9.17, 15) is 0 Å². The fourth-order valence-corrected chi connectivity index (χ4v) is 4.28. The van der Waals surface area contributed by atoms with E-state index >= 15 is 0 Å². The van der Waals surface area contributed by atoms with E-state index in [0.29, 0.717) is 6.61 Å². The molecule has 3 rings (SSSR count). The molecule has 0 spiro atoms. The summed E-state index contributed by atoms with van der Waals surface area (Å²) in [6.45, 7) is 5.03. The van der Waals surface area contributed by atoms with Gasteiger partial charge >= 0.3 is 0 Å². The molecule has 2 aromatic rings. The van der Waals surface area contributed by atoms with Gasteiger partial charge in [-0.05, 0) is 55.4 Å². The lowest BCUT2D eigenvalue weighted by molar-refractivity contribution is 0.340. The Hall–Kier alpha value is -1.48. The summed E-state index contributed by atoms with van der Waals surface area (Å²) < 4.78 is 5.51. The smallest absolute Gasteiger partial charge is 0.119 e. The molecule has 1 aromatic heterocycles. The zero-order chi connectivity index (χ0) is 14.1. The molecule has 0 aliphatic heterocycles. The van der Waals surface area contributed by atoms with E-state index < -0.39 is 0 Å². The zero-order valence-corrected chi connectivity index (χ0v) is 12.9. The number of rotatable bonds is 3. The molecule has 106 valence electrons. The molecule has 1 aliphatic rings. The molecule has 0 fully saturated rings. The molecule has 1 heterocycles. The minimum Gasteiger partial charge on any atom is -0.494 e. The summed E-state index contributed by atoms with van der Waals surface area (Å²) in [5.74, 6) is 1.71. The first kappa shape index (κ1) is 13.5. The number of hydrogen-bond donors (Lipinski definition) is 1. The van der Waals surface area contributed by atoms with Crippen molar-refractivity contribution < 1.29 is 4.74 Å². The predicted octanol–water partition coefficient (Wildman–Crippen LogP) is 4.52. The summed E-state index contributed by atoms with van der Waals surface area (Å²) in [6.07, 6.45) is 3.61. The molecule has 1 atom stereocenters. The van der Waals surface area contributed by atoms with E-state index in [1.807, 2.05) is 19.1 Å². The summed E-state index contributed by atoms with van der Waals surface area (Å²) >= 11 is 1.78. The van der Waals surface area contributed by atoms with Gasteiger partial charge in [0.25, 0.3) is 0 Å². The Balaban J connectivity index is 1.97. The Morgan fingerprint density at radius 1 is 1.30 bits per heavy atom. The monoisotopic (exact) mass is 287 g/mol. The second-order valence-electron chi connectivity index (χ2n) is 5.55. The maximum atomic E-state index is 6.28. The van der Waals surface area contributed by atoms with Crippen molar-refractivity contribution in [1.82, 2.24) is 0 Å². The first-order chi connectivity index (χ1) is 9.69. The highest BCUT2D eigenvalue weighted by Gasteiger charge is 2.23. The fraction of sp³-hybridized carbons (Fsp3) is 0.412. The molecule has 1 aliphatic carbocycles. The minimum absolute atomic E-state index is 0.702. The molecule has 1 unspecified atom stereocenters. The van der Waals surface area contributed by atoms with Crippen LogP contribution in [-0.4, -0.2) is 6.61 Å². The van der Waals surface area contributed by atoms with Crippen molar-refractivity contribution in [1.29, 1.82) is 0 Å². The lowest BCUT2D eigenvalue weighted by Gasteiger charge is -2.19. The number of ether oxygens (including phenoxy) is 1. The number of thiophene rings is 1. The maximum absolute atomic E-state index is 6.28. The molecular formula is C17H21NOS. The van der Waals surface area contributed by atoms with Gasteiger partial charge in [-0.15, -0.1) is 11.3 Å². The predicted molar refractivity (Wildman–Crippen MR) is 86.5 cm³/mol. The first-order valence-electron chi connectivity index (χ1n) is 7.32. The highest BCUT2D eigenvalue weighted by atomic mass is 32.1. The van der Waals surface area contributed by atoms with Crippen molar-refractivity contribution in [2.75, 3.05) is 12.3 Å². The summed E-state index contributed by atoms with van der Waals surface area (Å²) in [4.78, 5) is 1.49. The normalized spacial score (nSPS) is 17.8. The second kappa shape index (κ2) is 5.49. The van der Waals surface area contributed by atoms with E-state index in [-0.39, 0.29) is 0 Å². The lowest BCUT2D eigenvalue weighted by atomic mass is 9.87. The van der Waals surface area contributed by atoms with Crippen molar-refractivity contribution in [2.45, 2.75) is 33.1 Å². The second-order valence-corrected chi connectivity index (χ2v) is 6.69. The number of fused-ring (bicyclic) bond motifs is 1. The zero-order valence-electron chi connectivity index (χ0n) is 12.1. The quantitative estimate of drug-likeness (QED) is 0.900. The van der Waals surface area contributed by atoms with Crippen LogP contribution >= 0.6 is 11.3 Å². The van der Waals surface area contributed by atoms with Gasteiger partial charge in [0.05, 0.1) is 11.6 Å². The average molecular weight is 287 g/mol. The highest BCUT2D eigenvalue weighted by Crippen LogP contribution is 2.43. The molecule has 2 N–H and O–H groups in total. The van der Waals surface area contributed by atoms with Gasteiger partial charge in [-0.3, -0.25) is 0 Å². The summed E-state index contributed by atoms with van der Waals surface area (Å²) in [5, 5.41) is 0.966. The Bertz CT molecular complexity index is 600. The van der Waals surface area contributed by atoms with Gasteiger partial charge in [0.15, 0.2) is 0 Å². The molecule has 0 saturated heterocycles. The molecule has 0 amide bonds. The summed E-state index contributed by atoms with van der Waals surface area (Å²) in [5.41, 5.74) is 10.2. The summed E-state index contributed by atoms with van der Waals surface area (Å²) in [6, 6.07) is 8.32. The number of benzene rings is 1. The van der Waals surface area contributed by atoms with Crippen LogP contribution in [0.25, 0.3) is 11.1 Å². The number of nitrogen functional groups attached to an aromatic ring is 1. The average Bonchev–Trinajstić information content (AvgIpc) is 2.75. The van der Waals surface area contributed by atoms with E-state index in [4.69, 9.17) is 10.5 Å². The molecular weight excluding hydrogens is 266 g/mol. The number of nitrogens with two attached hydrogens (primary N) is 1. The maximum Gasteiger partial charge on any atom is 0.119 e. The molecule has 2 nitrogen and oxygen atoms in total. The third kappa shape index (κ3) is 2.42. The van der Waals surface area contributed by atoms with Crippen LogP contribution in [0.15, 0.2) is 24.3 Å². The van der Waals surface area contributed by atoms with Gasteiger partial charge in [-0.25, -0.2) is 0 Å². The van der Waals surface area contributed by atoms with Crippen molar-refractivity contribution >= 4 is 16.3 Å². The van der Waals surface area contributed by atoms with Crippen molar-refractivity contribution in [3.63, 3.8) is 0 Å². The molecule has 0 saturated carbocycles. The standard InChI is InChI=1S/C17H21NOS/c1-3-19-13-7-5-12(6-8-13)16-14-9-4-11(2)10-15(14)20-17(16)18/h5-8,11H,3-4,9-10,18H2,1-2H3. The van der Waals surface area contributed by atoms with E-state index in [1.54, 1.807) is 11.3 Å². The Morgan fingerprint density at radius 3 is 2.75 bits per heavy atom. The topological polar surface area (TPSA) is 35.2 Å². The lowest BCUT2D eigenvalue weighted by Crippen LogP contribution is -2.09. The first-order valence-corrected chi connectivity index (χ1v) is 8.14. The van der Waals surface area contributed by atoms with Gasteiger partial charge in [0.1, 0.15) is 5.75 Å². The van der Waals surface area contributed by atoms with E-state index in [0.717, 1.165) is 23.1 Å². The fourth-order valence-electron chi connectivity index (χ4n) is 2.97. The molecule has 0 radical (unpaired) electrons. The van der Waals surface area contributed by atoms with Crippen LogP contribution in [0.1, 0.15) is 30.7 Å². The van der Waals surface area contributed by atoms with Crippen LogP contribution in [0.3, 0.4) is 0 Å². The number of hydrogen-bond acceptors (Lipinski definition) is 3. The third-order valence-electron chi connectivity index (χ3n) is 3.99. The van der Waals surface area contributed by atoms with Crippen LogP contribution in [0.5, 0.6) is 5.75 Å². The van der Waals surface area contributed by atoms with Crippen LogP contribution < -0.4 is 10.5 Å². The number of anilines is 1. The van der Waals surface area contributed by atoms with Crippen molar-refractivity contribution in [2.24, 2.45) is 5.92 Å². The molecule has 1 aromatic carbocycles. The Morgan fingerprint density at radius 2 is 2.05 bits per heavy atom. The van der Waals surface area contributed by atoms with Crippen molar-refractivity contribution in [3.8, 4) is 16.9 Å². The van der Waals surface area contributed by atoms with Crippen LogP contribution in [-0.2, 0) is 12.8 Å². The Kier molecular flexibility index (Phi) is 3.70. The van der Waals surface area contributed by atoms with Gasteiger partial charge in [0.2, 0.25) is 0 Å². The van der Waals surface area contributed by atoms with Gasteiger partial charge in [-0.1, -0.05) is 19.1 Å². The summed E-state index contributed by atoms with van der Waals surface area (Å²) in [7, 11) is 0. The molecule has 3 heteroatoms. The van der Waals surface area contributed by atoms with Crippen LogP contribution in [0.4, 0.5) is 5.00 Å². The highest BCUT2D eigenvalue weighted by molar-refractivity contribution is 7.16. The van der Waals surface area contributed by atoms with E-state index in [2.05, 4.69) is 19.1 Å². The molecule has 0 bridgehead atoms. The molecule has 20 heavy (non-hydrogen) atoms. The Labute approximate surface area is 124 Å². The van der Waals surface area contributed by atoms with Crippen LogP contribution in [0, 0.1) is 5.92 Å². The third-order valence-corrected chi connectivity index (χ3v) is 5.08. The van der Waals surface area contributed by atoms with E-state index in [1.165, 1.54) is 34.4 Å². The largest absolute Gasteiger partial charge is 0.494 e. The van der Waals surface area contributed by atoms with Gasteiger partial charge in [-0.2, -0.15) is 0 Å². The minimum atomic E-state index is 0.702. The van der Waals surface area contributed by atoms with Crippen LogP contribution in [0.2, 0.25) is 0 Å².